The van der Waals surface area contributed by atoms with Gasteiger partial charge in [-0.2, -0.15) is 0 Å². The highest BCUT2D eigenvalue weighted by atomic mass is 35.5. The Morgan fingerprint density at radius 3 is 2.74 bits per heavy atom. The minimum absolute atomic E-state index is 0.247. The second kappa shape index (κ2) is 6.73. The van der Waals surface area contributed by atoms with Gasteiger partial charge in [0.1, 0.15) is 0 Å². The molecule has 0 atom stereocenters. The number of nitrogens with zero attached hydrogens (tertiary/aromatic N) is 2. The van der Waals surface area contributed by atoms with Crippen molar-refractivity contribution in [1.82, 2.24) is 9.80 Å². The Hall–Kier alpha value is -0.580. The SMILES string of the molecule is CC1CCN(C(=O)CN(C)Cc2ccc(Cl)s2)CC1. The number of carbonyl (C=O) groups excluding carboxylic acids is 1. The molecule has 19 heavy (non-hydrogen) atoms. The third kappa shape index (κ3) is 4.48. The molecule has 5 heteroatoms. The van der Waals surface area contributed by atoms with Crippen LogP contribution in [0.5, 0.6) is 0 Å². The summed E-state index contributed by atoms with van der Waals surface area (Å²) in [7, 11) is 1.98. The van der Waals surface area contributed by atoms with E-state index in [1.807, 2.05) is 24.1 Å². The average Bonchev–Trinajstić information content (AvgIpc) is 2.75. The van der Waals surface area contributed by atoms with E-state index < -0.39 is 0 Å². The largest absolute Gasteiger partial charge is 0.342 e. The Kier molecular flexibility index (Phi) is 5.25. The maximum atomic E-state index is 12.2. The Bertz CT molecular complexity index is 427. The topological polar surface area (TPSA) is 23.6 Å². The molecule has 2 heterocycles. The summed E-state index contributed by atoms with van der Waals surface area (Å²) in [5.74, 6) is 1.01. The number of rotatable bonds is 4. The van der Waals surface area contributed by atoms with Crippen molar-refractivity contribution in [2.75, 3.05) is 26.7 Å². The predicted octanol–water partition coefficient (Wildman–Crippen LogP) is 3.09. The molecular formula is C14H21ClN2OS. The van der Waals surface area contributed by atoms with Crippen LogP contribution < -0.4 is 0 Å². The summed E-state index contributed by atoms with van der Waals surface area (Å²) in [6, 6.07) is 3.93. The predicted molar refractivity (Wildman–Crippen MR) is 80.6 cm³/mol. The highest BCUT2D eigenvalue weighted by Crippen LogP contribution is 2.22. The number of carbonyl (C=O) groups is 1. The Balaban J connectivity index is 1.78. The molecule has 1 aliphatic rings. The molecule has 1 saturated heterocycles. The van der Waals surface area contributed by atoms with Crippen molar-refractivity contribution in [3.05, 3.63) is 21.3 Å². The van der Waals surface area contributed by atoms with Gasteiger partial charge in [0, 0.05) is 24.5 Å². The summed E-state index contributed by atoms with van der Waals surface area (Å²) in [4.78, 5) is 17.4. The van der Waals surface area contributed by atoms with Gasteiger partial charge in [-0.25, -0.2) is 0 Å². The second-order valence-corrected chi connectivity index (χ2v) is 7.24. The van der Waals surface area contributed by atoms with Crippen LogP contribution in [0.3, 0.4) is 0 Å². The zero-order valence-electron chi connectivity index (χ0n) is 11.6. The van der Waals surface area contributed by atoms with Crippen molar-refractivity contribution in [2.45, 2.75) is 26.3 Å². The van der Waals surface area contributed by atoms with Crippen LogP contribution in [0, 0.1) is 5.92 Å². The number of piperidine rings is 1. The van der Waals surface area contributed by atoms with Gasteiger partial charge in [-0.3, -0.25) is 9.69 Å². The number of hydrogen-bond acceptors (Lipinski definition) is 3. The smallest absolute Gasteiger partial charge is 0.236 e. The molecule has 1 amide bonds. The minimum Gasteiger partial charge on any atom is -0.342 e. The molecule has 106 valence electrons. The van der Waals surface area contributed by atoms with Gasteiger partial charge in [0.15, 0.2) is 0 Å². The summed E-state index contributed by atoms with van der Waals surface area (Å²) in [5, 5.41) is 0. The fraction of sp³-hybridized carbons (Fsp3) is 0.643. The van der Waals surface area contributed by atoms with Crippen LogP contribution in [0.1, 0.15) is 24.6 Å². The third-order valence-corrected chi connectivity index (χ3v) is 4.81. The lowest BCUT2D eigenvalue weighted by atomic mass is 9.99. The number of likely N-dealkylation sites (N-methyl/N-ethyl adjacent to an activating group) is 1. The van der Waals surface area contributed by atoms with Crippen LogP contribution in [0.2, 0.25) is 4.34 Å². The molecule has 0 radical (unpaired) electrons. The molecule has 0 bridgehead atoms. The summed E-state index contributed by atoms with van der Waals surface area (Å²) >= 11 is 7.49. The normalized spacial score (nSPS) is 17.2. The Morgan fingerprint density at radius 2 is 2.16 bits per heavy atom. The first-order chi connectivity index (χ1) is 9.04. The van der Waals surface area contributed by atoms with Crippen LogP contribution in [0.4, 0.5) is 0 Å². The highest BCUT2D eigenvalue weighted by molar-refractivity contribution is 7.16. The zero-order valence-corrected chi connectivity index (χ0v) is 13.1. The molecule has 0 N–H and O–H groups in total. The monoisotopic (exact) mass is 300 g/mol. The maximum Gasteiger partial charge on any atom is 0.236 e. The quantitative estimate of drug-likeness (QED) is 0.853. The number of amides is 1. The zero-order chi connectivity index (χ0) is 13.8. The van der Waals surface area contributed by atoms with Gasteiger partial charge in [0.05, 0.1) is 10.9 Å². The van der Waals surface area contributed by atoms with E-state index in [-0.39, 0.29) is 5.91 Å². The van der Waals surface area contributed by atoms with Crippen LogP contribution in [0.25, 0.3) is 0 Å². The molecule has 0 unspecified atom stereocenters. The van der Waals surface area contributed by atoms with Crippen molar-refractivity contribution >= 4 is 28.8 Å². The molecular weight excluding hydrogens is 280 g/mol. The van der Waals surface area contributed by atoms with Crippen LogP contribution in [-0.4, -0.2) is 42.4 Å². The van der Waals surface area contributed by atoms with E-state index in [1.54, 1.807) is 11.3 Å². The second-order valence-electron chi connectivity index (χ2n) is 5.44. The number of likely N-dealkylation sites (tertiary alicyclic amines) is 1. The lowest BCUT2D eigenvalue weighted by molar-refractivity contribution is -0.133. The Labute approximate surface area is 124 Å². The molecule has 3 nitrogen and oxygen atoms in total. The van der Waals surface area contributed by atoms with Crippen molar-refractivity contribution in [3.63, 3.8) is 0 Å². The molecule has 0 aliphatic carbocycles. The fourth-order valence-corrected chi connectivity index (χ4v) is 3.52. The van der Waals surface area contributed by atoms with E-state index in [9.17, 15) is 4.79 Å². The first kappa shape index (κ1) is 14.8. The van der Waals surface area contributed by atoms with Crippen LogP contribution in [-0.2, 0) is 11.3 Å². The molecule has 1 fully saturated rings. The van der Waals surface area contributed by atoms with E-state index in [1.165, 1.54) is 4.88 Å². The van der Waals surface area contributed by atoms with Crippen molar-refractivity contribution in [1.29, 1.82) is 0 Å². The van der Waals surface area contributed by atoms with E-state index in [4.69, 9.17) is 11.6 Å². The van der Waals surface area contributed by atoms with E-state index >= 15 is 0 Å². The van der Waals surface area contributed by atoms with Gasteiger partial charge in [-0.05, 0) is 37.9 Å². The molecule has 1 aliphatic heterocycles. The molecule has 1 aromatic rings. The van der Waals surface area contributed by atoms with Gasteiger partial charge >= 0.3 is 0 Å². The van der Waals surface area contributed by atoms with Crippen molar-refractivity contribution in [2.24, 2.45) is 5.92 Å². The van der Waals surface area contributed by atoms with E-state index in [0.29, 0.717) is 6.54 Å². The summed E-state index contributed by atoms with van der Waals surface area (Å²) in [6.45, 7) is 5.36. The average molecular weight is 301 g/mol. The fourth-order valence-electron chi connectivity index (χ4n) is 2.35. The van der Waals surface area contributed by atoms with Crippen molar-refractivity contribution < 1.29 is 4.79 Å². The molecule has 0 saturated carbocycles. The first-order valence-corrected chi connectivity index (χ1v) is 7.94. The summed E-state index contributed by atoms with van der Waals surface area (Å²) < 4.78 is 0.805. The number of halogens is 1. The van der Waals surface area contributed by atoms with Gasteiger partial charge in [-0.15, -0.1) is 11.3 Å². The highest BCUT2D eigenvalue weighted by Gasteiger charge is 2.21. The van der Waals surface area contributed by atoms with Gasteiger partial charge < -0.3 is 4.90 Å². The van der Waals surface area contributed by atoms with Gasteiger partial charge in [-0.1, -0.05) is 18.5 Å². The van der Waals surface area contributed by atoms with Crippen LogP contribution >= 0.6 is 22.9 Å². The summed E-state index contributed by atoms with van der Waals surface area (Å²) in [6.07, 6.45) is 2.27. The third-order valence-electron chi connectivity index (χ3n) is 3.60. The summed E-state index contributed by atoms with van der Waals surface area (Å²) in [5.41, 5.74) is 0. The molecule has 1 aromatic heterocycles. The van der Waals surface area contributed by atoms with Crippen molar-refractivity contribution in [3.8, 4) is 0 Å². The van der Waals surface area contributed by atoms with E-state index in [0.717, 1.165) is 42.7 Å². The van der Waals surface area contributed by atoms with Gasteiger partial charge in [0.25, 0.3) is 0 Å². The number of thiophene rings is 1. The standard InChI is InChI=1S/C14H21ClN2OS/c1-11-5-7-17(8-6-11)14(18)10-16(2)9-12-3-4-13(15)19-12/h3-4,11H,5-10H2,1-2H3. The maximum absolute atomic E-state index is 12.2. The van der Waals surface area contributed by atoms with Gasteiger partial charge in [0.2, 0.25) is 5.91 Å². The van der Waals surface area contributed by atoms with Crippen LogP contribution in [0.15, 0.2) is 12.1 Å². The Morgan fingerprint density at radius 1 is 1.47 bits per heavy atom. The van der Waals surface area contributed by atoms with E-state index in [2.05, 4.69) is 11.8 Å². The lowest BCUT2D eigenvalue weighted by Crippen LogP contribution is -2.42. The molecule has 0 aromatic carbocycles. The first-order valence-electron chi connectivity index (χ1n) is 6.75. The lowest BCUT2D eigenvalue weighted by Gasteiger charge is -2.31. The molecule has 0 spiro atoms. The number of hydrogen-bond donors (Lipinski definition) is 0. The minimum atomic E-state index is 0.247. The molecule has 2 rings (SSSR count).